The molecule has 5 heteroatoms. The van der Waals surface area contributed by atoms with Crippen molar-refractivity contribution in [1.29, 1.82) is 0 Å². The van der Waals surface area contributed by atoms with Crippen LogP contribution < -0.4 is 15.0 Å². The highest BCUT2D eigenvalue weighted by atomic mass is 16.7. The second kappa shape index (κ2) is 6.89. The van der Waals surface area contributed by atoms with Gasteiger partial charge in [-0.1, -0.05) is 0 Å². The third kappa shape index (κ3) is 3.11. The van der Waals surface area contributed by atoms with Gasteiger partial charge in [0.25, 0.3) is 0 Å². The summed E-state index contributed by atoms with van der Waals surface area (Å²) in [5.41, 5.74) is 4.25. The van der Waals surface area contributed by atoms with E-state index < -0.39 is 0 Å². The number of allylic oxidation sites excluding steroid dienone is 1. The van der Waals surface area contributed by atoms with E-state index in [1.165, 1.54) is 16.8 Å². The smallest absolute Gasteiger partial charge is 0.122 e. The largest absolute Gasteiger partial charge is 0.496 e. The maximum absolute atomic E-state index is 5.98. The summed E-state index contributed by atoms with van der Waals surface area (Å²) in [5.74, 6) is 2.04. The van der Waals surface area contributed by atoms with Crippen LogP contribution in [-0.4, -0.2) is 50.4 Å². The first kappa shape index (κ1) is 16.7. The van der Waals surface area contributed by atoms with Crippen molar-refractivity contribution in [2.45, 2.75) is 45.2 Å². The number of hydrogen-bond donors (Lipinski definition) is 1. The van der Waals surface area contributed by atoms with Crippen LogP contribution in [0, 0.1) is 0 Å². The van der Waals surface area contributed by atoms with Gasteiger partial charge in [0.2, 0.25) is 0 Å². The number of hydroxylamine groups is 2. The molecule has 2 heterocycles. The minimum absolute atomic E-state index is 0.342. The van der Waals surface area contributed by atoms with Crippen molar-refractivity contribution in [2.75, 3.05) is 38.2 Å². The molecule has 0 spiro atoms. The number of fused-ring (bicyclic) bond motifs is 1. The Morgan fingerprint density at radius 2 is 2.00 bits per heavy atom. The van der Waals surface area contributed by atoms with Crippen LogP contribution in [0.3, 0.4) is 0 Å². The van der Waals surface area contributed by atoms with Gasteiger partial charge in [-0.15, -0.1) is 5.06 Å². The summed E-state index contributed by atoms with van der Waals surface area (Å²) in [4.78, 5) is 8.51. The summed E-state index contributed by atoms with van der Waals surface area (Å²) in [6, 6.07) is 5.15. The van der Waals surface area contributed by atoms with Crippen LogP contribution in [0.1, 0.15) is 31.4 Å². The molecule has 1 N–H and O–H groups in total. The average molecular weight is 343 g/mol. The van der Waals surface area contributed by atoms with Gasteiger partial charge in [0.1, 0.15) is 11.5 Å². The van der Waals surface area contributed by atoms with Gasteiger partial charge >= 0.3 is 0 Å². The number of methoxy groups -OCH3 is 1. The molecule has 1 aromatic rings. The Hall–Kier alpha value is -1.72. The molecule has 25 heavy (non-hydrogen) atoms. The van der Waals surface area contributed by atoms with Gasteiger partial charge in [0.05, 0.1) is 19.2 Å². The molecular formula is C20H29N3O2. The van der Waals surface area contributed by atoms with E-state index in [2.05, 4.69) is 40.4 Å². The molecule has 1 saturated heterocycles. The number of benzene rings is 1. The van der Waals surface area contributed by atoms with Crippen LogP contribution in [0.4, 0.5) is 5.69 Å². The second-order valence-electron chi connectivity index (χ2n) is 7.35. The van der Waals surface area contributed by atoms with Gasteiger partial charge in [0, 0.05) is 37.4 Å². The van der Waals surface area contributed by atoms with Crippen molar-refractivity contribution in [3.63, 3.8) is 0 Å². The number of nitrogens with one attached hydrogen (secondary N) is 1. The van der Waals surface area contributed by atoms with E-state index in [0.29, 0.717) is 12.1 Å². The van der Waals surface area contributed by atoms with E-state index >= 15 is 0 Å². The Labute approximate surface area is 150 Å². The maximum Gasteiger partial charge on any atom is 0.122 e. The Balaban J connectivity index is 1.62. The standard InChI is InChI=1S/C20H29N3O2/c1-14-12-15(2)25-23(14)16-4-5-17-18(13-16)20(24-3)7-6-19(17)22-10-8-21-9-11-22/h6-7,12,14,16,21H,4-5,8-11,13H2,1-3H3/t14?,16-/m0/s1. The molecule has 0 saturated carbocycles. The number of piperazine rings is 1. The predicted molar refractivity (Wildman–Crippen MR) is 100 cm³/mol. The normalized spacial score (nSPS) is 26.8. The quantitative estimate of drug-likeness (QED) is 0.913. The van der Waals surface area contributed by atoms with Gasteiger partial charge in [-0.2, -0.15) is 0 Å². The fourth-order valence-electron chi connectivity index (χ4n) is 4.52. The van der Waals surface area contributed by atoms with Gasteiger partial charge in [-0.25, -0.2) is 0 Å². The predicted octanol–water partition coefficient (Wildman–Crippen LogP) is 2.50. The SMILES string of the molecule is COc1ccc(N2CCNCC2)c2c1C[C@@H](N1OC(C)=CC1C)CC2. The van der Waals surface area contributed by atoms with Crippen LogP contribution in [0.5, 0.6) is 5.75 Å². The summed E-state index contributed by atoms with van der Waals surface area (Å²) < 4.78 is 5.71. The lowest BCUT2D eigenvalue weighted by molar-refractivity contribution is -0.148. The van der Waals surface area contributed by atoms with Gasteiger partial charge in [-0.05, 0) is 56.9 Å². The Morgan fingerprint density at radius 1 is 1.20 bits per heavy atom. The van der Waals surface area contributed by atoms with E-state index in [9.17, 15) is 0 Å². The highest BCUT2D eigenvalue weighted by Crippen LogP contribution is 2.39. The first-order valence-electron chi connectivity index (χ1n) is 9.46. The Kier molecular flexibility index (Phi) is 4.61. The van der Waals surface area contributed by atoms with Crippen molar-refractivity contribution in [3.05, 3.63) is 35.1 Å². The zero-order chi connectivity index (χ0) is 17.4. The minimum atomic E-state index is 0.342. The zero-order valence-electron chi connectivity index (χ0n) is 15.5. The van der Waals surface area contributed by atoms with Crippen molar-refractivity contribution >= 4 is 5.69 Å². The van der Waals surface area contributed by atoms with Crippen LogP contribution in [0.25, 0.3) is 0 Å². The number of rotatable bonds is 3. The second-order valence-corrected chi connectivity index (χ2v) is 7.35. The summed E-state index contributed by atoms with van der Waals surface area (Å²) >= 11 is 0. The first-order valence-corrected chi connectivity index (χ1v) is 9.46. The molecule has 5 nitrogen and oxygen atoms in total. The fourth-order valence-corrected chi connectivity index (χ4v) is 4.52. The molecule has 1 unspecified atom stereocenters. The molecule has 1 fully saturated rings. The molecule has 1 aromatic carbocycles. The van der Waals surface area contributed by atoms with E-state index in [4.69, 9.17) is 9.57 Å². The molecule has 2 aliphatic heterocycles. The van der Waals surface area contributed by atoms with Crippen molar-refractivity contribution in [2.24, 2.45) is 0 Å². The van der Waals surface area contributed by atoms with Gasteiger partial charge in [0.15, 0.2) is 0 Å². The van der Waals surface area contributed by atoms with Crippen LogP contribution in [0.2, 0.25) is 0 Å². The van der Waals surface area contributed by atoms with Crippen LogP contribution in [-0.2, 0) is 17.7 Å². The fraction of sp³-hybridized carbons (Fsp3) is 0.600. The molecule has 136 valence electrons. The van der Waals surface area contributed by atoms with E-state index in [0.717, 1.165) is 57.0 Å². The van der Waals surface area contributed by atoms with Crippen molar-refractivity contribution in [1.82, 2.24) is 10.4 Å². The van der Waals surface area contributed by atoms with E-state index in [-0.39, 0.29) is 0 Å². The summed E-state index contributed by atoms with van der Waals surface area (Å²) in [5, 5.41) is 5.62. The molecule has 2 atom stereocenters. The number of nitrogens with zero attached hydrogens (tertiary/aromatic N) is 2. The van der Waals surface area contributed by atoms with Gasteiger partial charge in [-0.3, -0.25) is 0 Å². The highest BCUT2D eigenvalue weighted by molar-refractivity contribution is 5.62. The molecule has 0 aromatic heterocycles. The maximum atomic E-state index is 5.98. The van der Waals surface area contributed by atoms with Gasteiger partial charge < -0.3 is 19.8 Å². The number of anilines is 1. The van der Waals surface area contributed by atoms with Crippen molar-refractivity contribution in [3.8, 4) is 5.75 Å². The van der Waals surface area contributed by atoms with Crippen molar-refractivity contribution < 1.29 is 9.57 Å². The number of hydrogen-bond acceptors (Lipinski definition) is 5. The lowest BCUT2D eigenvalue weighted by atomic mass is 9.85. The van der Waals surface area contributed by atoms with Crippen LogP contribution >= 0.6 is 0 Å². The third-order valence-corrected chi connectivity index (χ3v) is 5.69. The molecule has 0 amide bonds. The first-order chi connectivity index (χ1) is 12.2. The lowest BCUT2D eigenvalue weighted by Crippen LogP contribution is -2.45. The molecule has 3 aliphatic rings. The minimum Gasteiger partial charge on any atom is -0.496 e. The number of ether oxygens (including phenoxy) is 1. The molecule has 1 aliphatic carbocycles. The van der Waals surface area contributed by atoms with E-state index in [1.807, 2.05) is 6.92 Å². The summed E-state index contributed by atoms with van der Waals surface area (Å²) in [6.07, 6.45) is 5.40. The Morgan fingerprint density at radius 3 is 2.68 bits per heavy atom. The summed E-state index contributed by atoms with van der Waals surface area (Å²) in [6.45, 7) is 8.53. The summed E-state index contributed by atoms with van der Waals surface area (Å²) in [7, 11) is 1.78. The monoisotopic (exact) mass is 343 g/mol. The molecule has 4 rings (SSSR count). The Bertz CT molecular complexity index is 667. The molecular weight excluding hydrogens is 314 g/mol. The molecule has 0 bridgehead atoms. The van der Waals surface area contributed by atoms with E-state index in [1.54, 1.807) is 7.11 Å². The highest BCUT2D eigenvalue weighted by Gasteiger charge is 2.34. The zero-order valence-corrected chi connectivity index (χ0v) is 15.5. The lowest BCUT2D eigenvalue weighted by Gasteiger charge is -2.37. The third-order valence-electron chi connectivity index (χ3n) is 5.69. The average Bonchev–Trinajstić information content (AvgIpc) is 2.99. The molecule has 0 radical (unpaired) electrons. The van der Waals surface area contributed by atoms with Crippen LogP contribution in [0.15, 0.2) is 24.0 Å². The topological polar surface area (TPSA) is 37.0 Å².